The number of nitrogens with zero attached hydrogens (tertiary/aromatic N) is 2. The lowest BCUT2D eigenvalue weighted by Crippen LogP contribution is -2.37. The van der Waals surface area contributed by atoms with E-state index in [-0.39, 0.29) is 11.6 Å². The second-order valence-electron chi connectivity index (χ2n) is 6.01. The number of amides is 1. The molecule has 0 spiro atoms. The topological polar surface area (TPSA) is 83.7 Å². The summed E-state index contributed by atoms with van der Waals surface area (Å²) in [5.74, 6) is -1.13. The Kier molecular flexibility index (Phi) is 4.85. The number of rotatable bonds is 5. The quantitative estimate of drug-likeness (QED) is 0.735. The average Bonchev–Trinajstić information content (AvgIpc) is 2.95. The van der Waals surface area contributed by atoms with Gasteiger partial charge in [-0.1, -0.05) is 30.3 Å². The summed E-state index contributed by atoms with van der Waals surface area (Å²) in [5, 5.41) is 14.5. The number of nitrogens with one attached hydrogen (secondary N) is 1. The van der Waals surface area contributed by atoms with Crippen molar-refractivity contribution in [1.82, 2.24) is 14.7 Å². The highest BCUT2D eigenvalue weighted by Crippen LogP contribution is 2.17. The number of carbonyl (C=O) groups excluding carboxylic acids is 1. The van der Waals surface area contributed by atoms with Crippen LogP contribution in [0.5, 0.6) is 5.88 Å². The third-order valence-corrected chi connectivity index (χ3v) is 4.98. The highest BCUT2D eigenvalue weighted by molar-refractivity contribution is 7.15. The Morgan fingerprint density at radius 1 is 1.36 bits per heavy atom. The number of hydrogen-bond acceptors (Lipinski definition) is 5. The van der Waals surface area contributed by atoms with Crippen LogP contribution in [0.1, 0.15) is 35.0 Å². The molecule has 0 bridgehead atoms. The highest BCUT2D eigenvalue weighted by atomic mass is 32.1. The van der Waals surface area contributed by atoms with Crippen LogP contribution < -0.4 is 10.9 Å². The number of aromatic nitrogens is 2. The summed E-state index contributed by atoms with van der Waals surface area (Å²) in [4.78, 5) is 29.3. The van der Waals surface area contributed by atoms with E-state index in [0.717, 1.165) is 12.8 Å². The Morgan fingerprint density at radius 3 is 2.80 bits per heavy atom. The Bertz CT molecular complexity index is 963. The highest BCUT2D eigenvalue weighted by Gasteiger charge is 2.22. The monoisotopic (exact) mass is 357 g/mol. The van der Waals surface area contributed by atoms with Crippen molar-refractivity contribution in [2.75, 3.05) is 0 Å². The summed E-state index contributed by atoms with van der Waals surface area (Å²) in [6, 6.07) is 9.83. The van der Waals surface area contributed by atoms with Crippen molar-refractivity contribution in [2.24, 2.45) is 0 Å². The molecule has 3 rings (SSSR count). The molecule has 0 saturated heterocycles. The fourth-order valence-corrected chi connectivity index (χ4v) is 3.52. The number of hydrogen-bond donors (Lipinski definition) is 2. The molecule has 3 aromatic rings. The molecule has 130 valence electrons. The molecule has 2 N–H and O–H groups in total. The Balaban J connectivity index is 1.76. The first-order valence-corrected chi connectivity index (χ1v) is 8.90. The number of aryl methyl sites for hydroxylation is 2. The van der Waals surface area contributed by atoms with Crippen LogP contribution in [0, 0.1) is 6.92 Å². The minimum absolute atomic E-state index is 0.143. The molecule has 6 nitrogen and oxygen atoms in total. The molecular formula is C18H19N3O3S. The number of thiazole rings is 1. The summed E-state index contributed by atoms with van der Waals surface area (Å²) < 4.78 is 1.34. The molecule has 0 aliphatic heterocycles. The van der Waals surface area contributed by atoms with Gasteiger partial charge in [-0.3, -0.25) is 14.0 Å². The van der Waals surface area contributed by atoms with Crippen molar-refractivity contribution in [3.63, 3.8) is 0 Å². The third kappa shape index (κ3) is 3.56. The maximum atomic E-state index is 12.5. The largest absolute Gasteiger partial charge is 0.492 e. The molecule has 1 amide bonds. The molecule has 0 aliphatic carbocycles. The molecule has 7 heteroatoms. The lowest BCUT2D eigenvalue weighted by Gasteiger charge is -2.14. The number of aromatic hydroxyl groups is 1. The number of fused-ring (bicyclic) bond motifs is 1. The van der Waals surface area contributed by atoms with Gasteiger partial charge < -0.3 is 10.4 Å². The van der Waals surface area contributed by atoms with E-state index in [9.17, 15) is 14.7 Å². The van der Waals surface area contributed by atoms with Crippen molar-refractivity contribution in [3.05, 3.63) is 62.9 Å². The normalized spacial score (nSPS) is 12.2. The average molecular weight is 357 g/mol. The van der Waals surface area contributed by atoms with E-state index in [4.69, 9.17) is 0 Å². The Morgan fingerprint density at radius 2 is 2.08 bits per heavy atom. The van der Waals surface area contributed by atoms with Crippen molar-refractivity contribution in [3.8, 4) is 5.88 Å². The van der Waals surface area contributed by atoms with Gasteiger partial charge in [-0.15, -0.1) is 11.3 Å². The lowest BCUT2D eigenvalue weighted by atomic mass is 10.1. The summed E-state index contributed by atoms with van der Waals surface area (Å²) in [7, 11) is 0. The third-order valence-electron chi connectivity index (χ3n) is 4.03. The lowest BCUT2D eigenvalue weighted by molar-refractivity contribution is 0.0933. The van der Waals surface area contributed by atoms with Gasteiger partial charge >= 0.3 is 0 Å². The zero-order chi connectivity index (χ0) is 18.0. The first kappa shape index (κ1) is 17.2. The number of benzene rings is 1. The van der Waals surface area contributed by atoms with Gasteiger partial charge in [-0.2, -0.15) is 4.98 Å². The van der Waals surface area contributed by atoms with Crippen LogP contribution in [0.4, 0.5) is 0 Å². The summed E-state index contributed by atoms with van der Waals surface area (Å²) in [5.41, 5.74) is 1.01. The van der Waals surface area contributed by atoms with E-state index < -0.39 is 17.3 Å². The van der Waals surface area contributed by atoms with Gasteiger partial charge in [-0.05, 0) is 32.3 Å². The van der Waals surface area contributed by atoms with E-state index >= 15 is 0 Å². The van der Waals surface area contributed by atoms with Crippen LogP contribution >= 0.6 is 11.3 Å². The zero-order valence-corrected chi connectivity index (χ0v) is 14.8. The molecule has 25 heavy (non-hydrogen) atoms. The predicted molar refractivity (Wildman–Crippen MR) is 97.4 cm³/mol. The van der Waals surface area contributed by atoms with Gasteiger partial charge in [0.2, 0.25) is 5.88 Å². The van der Waals surface area contributed by atoms with Crippen LogP contribution in [0.2, 0.25) is 0 Å². The van der Waals surface area contributed by atoms with E-state index in [1.54, 1.807) is 12.3 Å². The van der Waals surface area contributed by atoms with Crippen LogP contribution in [0.3, 0.4) is 0 Å². The molecule has 2 aromatic heterocycles. The first-order chi connectivity index (χ1) is 12.0. The van der Waals surface area contributed by atoms with E-state index in [1.807, 2.05) is 37.3 Å². The van der Waals surface area contributed by atoms with Crippen molar-refractivity contribution < 1.29 is 9.90 Å². The fourth-order valence-electron chi connectivity index (χ4n) is 2.67. The van der Waals surface area contributed by atoms with Gasteiger partial charge in [0, 0.05) is 17.1 Å². The van der Waals surface area contributed by atoms with Gasteiger partial charge in [0.25, 0.3) is 11.5 Å². The maximum absolute atomic E-state index is 12.5. The van der Waals surface area contributed by atoms with Crippen LogP contribution in [-0.2, 0) is 6.42 Å². The van der Waals surface area contributed by atoms with Crippen molar-refractivity contribution in [1.29, 1.82) is 0 Å². The molecule has 1 aromatic carbocycles. The Labute approximate surface area is 148 Å². The molecular weight excluding hydrogens is 338 g/mol. The standard InChI is InChI=1S/C18H19N3O3S/c1-11(8-9-13-6-4-3-5-7-13)19-15(22)14-16(23)20-18-21(17(14)24)12(2)10-25-18/h3-7,10-11,23H,8-9H2,1-2H3,(H,19,22)/t11-/m1/s1. The van der Waals surface area contributed by atoms with Gasteiger partial charge in [0.1, 0.15) is 0 Å². The van der Waals surface area contributed by atoms with E-state index in [1.165, 1.54) is 21.3 Å². The molecule has 0 saturated carbocycles. The molecule has 0 aliphatic rings. The molecule has 0 fully saturated rings. The van der Waals surface area contributed by atoms with Crippen LogP contribution in [0.25, 0.3) is 4.96 Å². The number of carbonyl (C=O) groups is 1. The van der Waals surface area contributed by atoms with Gasteiger partial charge in [0.05, 0.1) is 0 Å². The minimum atomic E-state index is -0.601. The molecule has 0 radical (unpaired) electrons. The Hall–Kier alpha value is -2.67. The maximum Gasteiger partial charge on any atom is 0.275 e. The summed E-state index contributed by atoms with van der Waals surface area (Å²) in [6.07, 6.45) is 1.54. The summed E-state index contributed by atoms with van der Waals surface area (Å²) >= 11 is 1.24. The predicted octanol–water partition coefficient (Wildman–Crippen LogP) is 2.52. The second kappa shape index (κ2) is 7.06. The van der Waals surface area contributed by atoms with Crippen LogP contribution in [-0.4, -0.2) is 26.4 Å². The summed E-state index contributed by atoms with van der Waals surface area (Å²) in [6.45, 7) is 3.63. The zero-order valence-electron chi connectivity index (χ0n) is 14.0. The fraction of sp³-hybridized carbons (Fsp3) is 0.278. The van der Waals surface area contributed by atoms with Gasteiger partial charge in [0.15, 0.2) is 10.5 Å². The smallest absolute Gasteiger partial charge is 0.275 e. The molecule has 2 heterocycles. The SMILES string of the molecule is Cc1csc2nc(O)c(C(=O)N[C@H](C)CCc3ccccc3)c(=O)n12. The van der Waals surface area contributed by atoms with Crippen molar-refractivity contribution >= 4 is 22.2 Å². The van der Waals surface area contributed by atoms with E-state index in [0.29, 0.717) is 10.7 Å². The molecule has 0 unspecified atom stereocenters. The molecule has 1 atom stereocenters. The van der Waals surface area contributed by atoms with E-state index in [2.05, 4.69) is 10.3 Å². The van der Waals surface area contributed by atoms with Crippen LogP contribution in [0.15, 0.2) is 40.5 Å². The first-order valence-electron chi connectivity index (χ1n) is 8.02. The minimum Gasteiger partial charge on any atom is -0.492 e. The van der Waals surface area contributed by atoms with Gasteiger partial charge in [-0.25, -0.2) is 0 Å². The second-order valence-corrected chi connectivity index (χ2v) is 6.85. The van der Waals surface area contributed by atoms with Crippen molar-refractivity contribution in [2.45, 2.75) is 32.7 Å².